The van der Waals surface area contributed by atoms with Crippen molar-refractivity contribution >= 4 is 11.6 Å². The van der Waals surface area contributed by atoms with E-state index in [2.05, 4.69) is 10.3 Å². The van der Waals surface area contributed by atoms with Crippen LogP contribution in [-0.2, 0) is 0 Å². The topological polar surface area (TPSA) is 44.9 Å². The molecular formula is C13H14N2O. The van der Waals surface area contributed by atoms with E-state index in [-0.39, 0.29) is 5.91 Å². The molecule has 0 bridgehead atoms. The summed E-state index contributed by atoms with van der Waals surface area (Å²) < 4.78 is 0. The second-order valence-electron chi connectivity index (χ2n) is 3.80. The normalized spacial score (nSPS) is 10.1. The fraction of sp³-hybridized carbons (Fsp3) is 0.154. The van der Waals surface area contributed by atoms with Gasteiger partial charge < -0.3 is 10.3 Å². The molecule has 0 aliphatic carbocycles. The van der Waals surface area contributed by atoms with Crippen molar-refractivity contribution in [1.82, 2.24) is 4.98 Å². The number of carbonyl (C=O) groups excluding carboxylic acids is 1. The van der Waals surface area contributed by atoms with E-state index in [1.807, 2.05) is 32.0 Å². The highest BCUT2D eigenvalue weighted by Crippen LogP contribution is 2.19. The molecule has 2 aromatic rings. The number of hydrogen-bond acceptors (Lipinski definition) is 1. The van der Waals surface area contributed by atoms with Crippen molar-refractivity contribution in [2.45, 2.75) is 13.8 Å². The standard InChI is InChI=1S/C13H14N2O/c1-9-5-3-6-10(2)12(9)15-13(16)11-7-4-8-14-11/h3-8,14H,1-2H3,(H,15,16). The molecule has 1 heterocycles. The Balaban J connectivity index is 2.25. The molecular weight excluding hydrogens is 200 g/mol. The van der Waals surface area contributed by atoms with Crippen molar-refractivity contribution in [3.8, 4) is 0 Å². The lowest BCUT2D eigenvalue weighted by atomic mass is 10.1. The quantitative estimate of drug-likeness (QED) is 0.793. The van der Waals surface area contributed by atoms with Crippen molar-refractivity contribution in [1.29, 1.82) is 0 Å². The molecule has 1 aromatic heterocycles. The van der Waals surface area contributed by atoms with E-state index in [1.165, 1.54) is 0 Å². The third-order valence-corrected chi connectivity index (χ3v) is 2.56. The lowest BCUT2D eigenvalue weighted by Gasteiger charge is -2.10. The van der Waals surface area contributed by atoms with Gasteiger partial charge in [-0.1, -0.05) is 18.2 Å². The number of aryl methyl sites for hydroxylation is 2. The van der Waals surface area contributed by atoms with Crippen molar-refractivity contribution < 1.29 is 4.79 Å². The number of aromatic nitrogens is 1. The fourth-order valence-electron chi connectivity index (χ4n) is 1.66. The number of amides is 1. The van der Waals surface area contributed by atoms with Crippen molar-refractivity contribution in [2.75, 3.05) is 5.32 Å². The summed E-state index contributed by atoms with van der Waals surface area (Å²) in [6.45, 7) is 3.97. The van der Waals surface area contributed by atoms with Gasteiger partial charge in [0.25, 0.3) is 5.91 Å². The van der Waals surface area contributed by atoms with Gasteiger partial charge in [0.05, 0.1) is 0 Å². The van der Waals surface area contributed by atoms with Gasteiger partial charge in [0.2, 0.25) is 0 Å². The number of aromatic amines is 1. The Bertz CT molecular complexity index is 480. The van der Waals surface area contributed by atoms with Gasteiger partial charge >= 0.3 is 0 Å². The summed E-state index contributed by atoms with van der Waals surface area (Å²) in [5, 5.41) is 2.91. The number of anilines is 1. The maximum absolute atomic E-state index is 11.8. The fourth-order valence-corrected chi connectivity index (χ4v) is 1.66. The first-order valence-corrected chi connectivity index (χ1v) is 5.19. The predicted molar refractivity (Wildman–Crippen MR) is 64.7 cm³/mol. The predicted octanol–water partition coefficient (Wildman–Crippen LogP) is 2.88. The summed E-state index contributed by atoms with van der Waals surface area (Å²) in [4.78, 5) is 14.7. The molecule has 0 spiro atoms. The van der Waals surface area contributed by atoms with E-state index in [0.29, 0.717) is 5.69 Å². The van der Waals surface area contributed by atoms with Crippen LogP contribution in [0.3, 0.4) is 0 Å². The largest absolute Gasteiger partial charge is 0.357 e. The van der Waals surface area contributed by atoms with Crippen LogP contribution in [0.15, 0.2) is 36.5 Å². The Morgan fingerprint density at radius 3 is 2.38 bits per heavy atom. The maximum atomic E-state index is 11.8. The third-order valence-electron chi connectivity index (χ3n) is 2.56. The minimum Gasteiger partial charge on any atom is -0.357 e. The van der Waals surface area contributed by atoms with Gasteiger partial charge in [-0.2, -0.15) is 0 Å². The molecule has 0 aliphatic heterocycles. The molecule has 0 aliphatic rings. The molecule has 2 N–H and O–H groups in total. The number of hydrogen-bond donors (Lipinski definition) is 2. The minimum absolute atomic E-state index is 0.109. The number of carbonyl (C=O) groups is 1. The van der Waals surface area contributed by atoms with Crippen LogP contribution in [0.1, 0.15) is 21.6 Å². The highest BCUT2D eigenvalue weighted by atomic mass is 16.1. The average molecular weight is 214 g/mol. The Kier molecular flexibility index (Phi) is 2.77. The summed E-state index contributed by atoms with van der Waals surface area (Å²) >= 11 is 0. The molecule has 1 aromatic carbocycles. The molecule has 0 unspecified atom stereocenters. The number of para-hydroxylation sites is 1. The molecule has 16 heavy (non-hydrogen) atoms. The number of benzene rings is 1. The van der Waals surface area contributed by atoms with Gasteiger partial charge in [-0.25, -0.2) is 0 Å². The van der Waals surface area contributed by atoms with Crippen molar-refractivity contribution in [3.63, 3.8) is 0 Å². The van der Waals surface area contributed by atoms with Crippen LogP contribution in [0, 0.1) is 13.8 Å². The van der Waals surface area contributed by atoms with Gasteiger partial charge in [-0.15, -0.1) is 0 Å². The van der Waals surface area contributed by atoms with Crippen molar-refractivity contribution in [2.24, 2.45) is 0 Å². The number of H-pyrrole nitrogens is 1. The monoisotopic (exact) mass is 214 g/mol. The summed E-state index contributed by atoms with van der Waals surface area (Å²) in [6, 6.07) is 9.51. The summed E-state index contributed by atoms with van der Waals surface area (Å²) in [7, 11) is 0. The van der Waals surface area contributed by atoms with Crippen LogP contribution in [0.5, 0.6) is 0 Å². The Labute approximate surface area is 94.5 Å². The first-order chi connectivity index (χ1) is 7.68. The summed E-state index contributed by atoms with van der Waals surface area (Å²) in [5.41, 5.74) is 3.60. The van der Waals surface area contributed by atoms with Crippen LogP contribution in [-0.4, -0.2) is 10.9 Å². The zero-order valence-electron chi connectivity index (χ0n) is 9.37. The Morgan fingerprint density at radius 2 is 1.81 bits per heavy atom. The first kappa shape index (κ1) is 10.5. The second kappa shape index (κ2) is 4.23. The lowest BCUT2D eigenvalue weighted by molar-refractivity contribution is 0.102. The smallest absolute Gasteiger partial charge is 0.272 e. The lowest BCUT2D eigenvalue weighted by Crippen LogP contribution is -2.13. The van der Waals surface area contributed by atoms with E-state index in [1.54, 1.807) is 18.3 Å². The zero-order chi connectivity index (χ0) is 11.5. The van der Waals surface area contributed by atoms with E-state index < -0.39 is 0 Å². The number of nitrogens with one attached hydrogen (secondary N) is 2. The minimum atomic E-state index is -0.109. The van der Waals surface area contributed by atoms with Gasteiger partial charge in [-0.05, 0) is 37.1 Å². The molecule has 0 atom stereocenters. The van der Waals surface area contributed by atoms with Gasteiger partial charge in [0.15, 0.2) is 0 Å². The van der Waals surface area contributed by atoms with E-state index in [9.17, 15) is 4.79 Å². The molecule has 2 rings (SSSR count). The molecule has 3 heteroatoms. The first-order valence-electron chi connectivity index (χ1n) is 5.19. The molecule has 0 fully saturated rings. The molecule has 0 saturated carbocycles. The van der Waals surface area contributed by atoms with Crippen LogP contribution in [0.4, 0.5) is 5.69 Å². The number of rotatable bonds is 2. The van der Waals surface area contributed by atoms with Crippen LogP contribution in [0.25, 0.3) is 0 Å². The van der Waals surface area contributed by atoms with Crippen molar-refractivity contribution in [3.05, 3.63) is 53.3 Å². The van der Waals surface area contributed by atoms with E-state index in [0.717, 1.165) is 16.8 Å². The second-order valence-corrected chi connectivity index (χ2v) is 3.80. The van der Waals surface area contributed by atoms with E-state index >= 15 is 0 Å². The molecule has 82 valence electrons. The van der Waals surface area contributed by atoms with Gasteiger partial charge in [0, 0.05) is 11.9 Å². The highest BCUT2D eigenvalue weighted by Gasteiger charge is 2.09. The molecule has 0 saturated heterocycles. The van der Waals surface area contributed by atoms with Crippen LogP contribution in [0.2, 0.25) is 0 Å². The highest BCUT2D eigenvalue weighted by molar-refractivity contribution is 6.03. The van der Waals surface area contributed by atoms with Crippen LogP contribution < -0.4 is 5.32 Å². The average Bonchev–Trinajstić information content (AvgIpc) is 2.76. The van der Waals surface area contributed by atoms with Crippen LogP contribution >= 0.6 is 0 Å². The summed E-state index contributed by atoms with van der Waals surface area (Å²) in [6.07, 6.45) is 1.74. The van der Waals surface area contributed by atoms with E-state index in [4.69, 9.17) is 0 Å². The third kappa shape index (κ3) is 1.98. The Hall–Kier alpha value is -2.03. The zero-order valence-corrected chi connectivity index (χ0v) is 9.37. The SMILES string of the molecule is Cc1cccc(C)c1NC(=O)c1ccc[nH]1. The van der Waals surface area contributed by atoms with Gasteiger partial charge in [0.1, 0.15) is 5.69 Å². The molecule has 0 radical (unpaired) electrons. The van der Waals surface area contributed by atoms with Gasteiger partial charge in [-0.3, -0.25) is 4.79 Å². The summed E-state index contributed by atoms with van der Waals surface area (Å²) in [5.74, 6) is -0.109. The maximum Gasteiger partial charge on any atom is 0.272 e. The molecule has 3 nitrogen and oxygen atoms in total. The molecule has 1 amide bonds. The Morgan fingerprint density at radius 1 is 1.12 bits per heavy atom.